The third-order valence-corrected chi connectivity index (χ3v) is 4.59. The van der Waals surface area contributed by atoms with Crippen LogP contribution in [0.2, 0.25) is 0 Å². The Morgan fingerprint density at radius 3 is 2.32 bits per heavy atom. The predicted octanol–water partition coefficient (Wildman–Crippen LogP) is 0.893. The van der Waals surface area contributed by atoms with Gasteiger partial charge in [0.05, 0.1) is 5.75 Å². The van der Waals surface area contributed by atoms with E-state index in [1.54, 1.807) is 0 Å². The molecule has 0 radical (unpaired) electrons. The number of nitrogens with zero attached hydrogens (tertiary/aromatic N) is 1. The van der Waals surface area contributed by atoms with Gasteiger partial charge in [0.25, 0.3) is 0 Å². The van der Waals surface area contributed by atoms with E-state index in [1.165, 1.54) is 14.1 Å². The smallest absolute Gasteiger partial charge is 0.221 e. The molecule has 1 amide bonds. The van der Waals surface area contributed by atoms with Crippen molar-refractivity contribution in [2.45, 2.75) is 19.9 Å². The third-order valence-electron chi connectivity index (χ3n) is 2.75. The Morgan fingerprint density at radius 1 is 1.21 bits per heavy atom. The highest BCUT2D eigenvalue weighted by Crippen LogP contribution is 2.03. The van der Waals surface area contributed by atoms with Crippen LogP contribution in [-0.4, -0.2) is 38.5 Å². The van der Waals surface area contributed by atoms with Crippen molar-refractivity contribution >= 4 is 15.9 Å². The largest absolute Gasteiger partial charge is 0.352 e. The molecule has 1 N–H and O–H groups in total. The molecule has 0 spiro atoms. The van der Waals surface area contributed by atoms with Crippen LogP contribution >= 0.6 is 0 Å². The molecule has 106 valence electrons. The molecule has 1 aromatic rings. The lowest BCUT2D eigenvalue weighted by Gasteiger charge is -2.11. The normalized spacial score (nSPS) is 11.6. The number of rotatable bonds is 6. The van der Waals surface area contributed by atoms with Crippen molar-refractivity contribution in [2.75, 3.05) is 19.8 Å². The van der Waals surface area contributed by atoms with E-state index >= 15 is 0 Å². The molecule has 0 aliphatic carbocycles. The minimum atomic E-state index is -3.31. The van der Waals surface area contributed by atoms with Gasteiger partial charge in [0.2, 0.25) is 15.9 Å². The summed E-state index contributed by atoms with van der Waals surface area (Å²) in [5.74, 6) is -0.425. The summed E-state index contributed by atoms with van der Waals surface area (Å²) in [7, 11) is -0.394. The van der Waals surface area contributed by atoms with Crippen LogP contribution in [0.15, 0.2) is 24.3 Å². The molecule has 0 aliphatic heterocycles. The first-order valence-corrected chi connectivity index (χ1v) is 7.64. The summed E-state index contributed by atoms with van der Waals surface area (Å²) in [6, 6.07) is 7.81. The van der Waals surface area contributed by atoms with Gasteiger partial charge in [-0.3, -0.25) is 4.79 Å². The lowest BCUT2D eigenvalue weighted by molar-refractivity contribution is -0.120. The van der Waals surface area contributed by atoms with E-state index in [9.17, 15) is 13.2 Å². The lowest BCUT2D eigenvalue weighted by Crippen LogP contribution is -2.30. The number of sulfonamides is 1. The van der Waals surface area contributed by atoms with Gasteiger partial charge >= 0.3 is 0 Å². The maximum atomic E-state index is 11.6. The fourth-order valence-corrected chi connectivity index (χ4v) is 2.21. The first-order valence-electron chi connectivity index (χ1n) is 6.04. The highest BCUT2D eigenvalue weighted by atomic mass is 32.2. The molecule has 0 aromatic heterocycles. The van der Waals surface area contributed by atoms with E-state index in [0.29, 0.717) is 6.54 Å². The van der Waals surface area contributed by atoms with Gasteiger partial charge in [0.1, 0.15) is 0 Å². The molecule has 0 bridgehead atoms. The molecular weight excluding hydrogens is 264 g/mol. The van der Waals surface area contributed by atoms with Crippen molar-refractivity contribution in [3.8, 4) is 0 Å². The molecule has 0 atom stereocenters. The van der Waals surface area contributed by atoms with Crippen molar-refractivity contribution in [1.29, 1.82) is 0 Å². The van der Waals surface area contributed by atoms with Crippen LogP contribution in [0.25, 0.3) is 0 Å². The second kappa shape index (κ2) is 6.68. The molecule has 0 aliphatic rings. The molecular formula is C13H20N2O3S. The summed E-state index contributed by atoms with van der Waals surface area (Å²) < 4.78 is 24.1. The summed E-state index contributed by atoms with van der Waals surface area (Å²) in [6.45, 7) is 2.41. The minimum Gasteiger partial charge on any atom is -0.352 e. The van der Waals surface area contributed by atoms with Crippen LogP contribution in [0.3, 0.4) is 0 Å². The van der Waals surface area contributed by atoms with Gasteiger partial charge in [-0.1, -0.05) is 29.8 Å². The van der Waals surface area contributed by atoms with Crippen molar-refractivity contribution in [3.05, 3.63) is 35.4 Å². The molecule has 0 saturated heterocycles. The van der Waals surface area contributed by atoms with Crippen molar-refractivity contribution in [3.63, 3.8) is 0 Å². The second-order valence-electron chi connectivity index (χ2n) is 4.61. The van der Waals surface area contributed by atoms with Crippen molar-refractivity contribution < 1.29 is 13.2 Å². The maximum absolute atomic E-state index is 11.6. The van der Waals surface area contributed by atoms with Crippen molar-refractivity contribution in [1.82, 2.24) is 9.62 Å². The van der Waals surface area contributed by atoms with E-state index < -0.39 is 10.0 Å². The highest BCUT2D eigenvalue weighted by molar-refractivity contribution is 7.89. The Bertz CT molecular complexity index is 521. The molecule has 0 fully saturated rings. The van der Waals surface area contributed by atoms with Crippen LogP contribution in [0.1, 0.15) is 17.5 Å². The molecule has 5 nitrogen and oxygen atoms in total. The zero-order valence-corrected chi connectivity index (χ0v) is 12.3. The van der Waals surface area contributed by atoms with Gasteiger partial charge in [-0.05, 0) is 12.5 Å². The number of carbonyl (C=O) groups excluding carboxylic acids is 1. The lowest BCUT2D eigenvalue weighted by atomic mass is 10.1. The van der Waals surface area contributed by atoms with Gasteiger partial charge in [0.15, 0.2) is 0 Å². The predicted molar refractivity (Wildman–Crippen MR) is 75.1 cm³/mol. The molecule has 0 saturated carbocycles. The summed E-state index contributed by atoms with van der Waals surface area (Å²) in [6.07, 6.45) is -0.0215. The van der Waals surface area contributed by atoms with Crippen LogP contribution < -0.4 is 5.32 Å². The summed E-state index contributed by atoms with van der Waals surface area (Å²) in [5, 5.41) is 2.71. The first-order chi connectivity index (χ1) is 8.81. The average Bonchev–Trinajstić information content (AvgIpc) is 2.35. The zero-order chi connectivity index (χ0) is 14.5. The van der Waals surface area contributed by atoms with Crippen molar-refractivity contribution in [2.24, 2.45) is 0 Å². The van der Waals surface area contributed by atoms with Gasteiger partial charge in [0, 0.05) is 27.1 Å². The number of hydrogen-bond donors (Lipinski definition) is 1. The quantitative estimate of drug-likeness (QED) is 0.843. The number of amides is 1. The third kappa shape index (κ3) is 5.40. The Labute approximate surface area is 114 Å². The summed E-state index contributed by atoms with van der Waals surface area (Å²) in [5.41, 5.74) is 2.15. The standard InChI is InChI=1S/C13H20N2O3S/c1-11-4-6-12(7-5-11)10-14-13(16)8-9-19(17,18)15(2)3/h4-7H,8-10H2,1-3H3,(H,14,16). The van der Waals surface area contributed by atoms with E-state index in [1.807, 2.05) is 31.2 Å². The number of benzene rings is 1. The van der Waals surface area contributed by atoms with Crippen LogP contribution in [-0.2, 0) is 21.4 Å². The summed E-state index contributed by atoms with van der Waals surface area (Å²) >= 11 is 0. The number of carbonyl (C=O) groups is 1. The number of hydrogen-bond acceptors (Lipinski definition) is 3. The maximum Gasteiger partial charge on any atom is 0.221 e. The monoisotopic (exact) mass is 284 g/mol. The van der Waals surface area contributed by atoms with Gasteiger partial charge in [-0.2, -0.15) is 0 Å². The van der Waals surface area contributed by atoms with E-state index in [0.717, 1.165) is 15.4 Å². The zero-order valence-electron chi connectivity index (χ0n) is 11.5. The minimum absolute atomic E-state index is 0.0215. The Hall–Kier alpha value is -1.40. The van der Waals surface area contributed by atoms with Gasteiger partial charge in [-0.25, -0.2) is 12.7 Å². The fourth-order valence-electron chi connectivity index (χ4n) is 1.40. The Kier molecular flexibility index (Phi) is 5.50. The topological polar surface area (TPSA) is 66.5 Å². The number of aryl methyl sites for hydroxylation is 1. The van der Waals surface area contributed by atoms with Crippen LogP contribution in [0.5, 0.6) is 0 Å². The fraction of sp³-hybridized carbons (Fsp3) is 0.462. The molecule has 6 heteroatoms. The highest BCUT2D eigenvalue weighted by Gasteiger charge is 2.15. The molecule has 19 heavy (non-hydrogen) atoms. The summed E-state index contributed by atoms with van der Waals surface area (Å²) in [4.78, 5) is 11.6. The van der Waals surface area contributed by atoms with E-state index in [4.69, 9.17) is 0 Å². The Balaban J connectivity index is 2.38. The van der Waals surface area contributed by atoms with E-state index in [-0.39, 0.29) is 18.1 Å². The molecule has 1 rings (SSSR count). The first kappa shape index (κ1) is 15.7. The molecule has 1 aromatic carbocycles. The van der Waals surface area contributed by atoms with Gasteiger partial charge in [-0.15, -0.1) is 0 Å². The van der Waals surface area contributed by atoms with Crippen LogP contribution in [0.4, 0.5) is 0 Å². The SMILES string of the molecule is Cc1ccc(CNC(=O)CCS(=O)(=O)N(C)C)cc1. The van der Waals surface area contributed by atoms with Gasteiger partial charge < -0.3 is 5.32 Å². The van der Waals surface area contributed by atoms with E-state index in [2.05, 4.69) is 5.32 Å². The molecule has 0 heterocycles. The average molecular weight is 284 g/mol. The number of nitrogens with one attached hydrogen (secondary N) is 1. The van der Waals surface area contributed by atoms with Crippen LogP contribution in [0, 0.1) is 6.92 Å². The second-order valence-corrected chi connectivity index (χ2v) is 6.91. The molecule has 0 unspecified atom stereocenters. The Morgan fingerprint density at radius 2 is 1.79 bits per heavy atom.